The van der Waals surface area contributed by atoms with Crippen LogP contribution < -0.4 is 10.6 Å². The summed E-state index contributed by atoms with van der Waals surface area (Å²) < 4.78 is 5.40. The van der Waals surface area contributed by atoms with E-state index in [1.165, 1.54) is 37.7 Å². The number of benzene rings is 1. The Morgan fingerprint density at radius 2 is 2.17 bits per heavy atom. The maximum atomic E-state index is 12.2. The van der Waals surface area contributed by atoms with Crippen LogP contribution in [0.5, 0.6) is 0 Å². The molecule has 2 N–H and O–H groups in total. The molecule has 0 spiro atoms. The van der Waals surface area contributed by atoms with Crippen LogP contribution in [0.25, 0.3) is 0 Å². The molecule has 1 amide bonds. The summed E-state index contributed by atoms with van der Waals surface area (Å²) in [6.45, 7) is 2.18. The monoisotopic (exact) mass is 348 g/mol. The minimum absolute atomic E-state index is 0.0510. The maximum Gasteiger partial charge on any atom is 0.226 e. The molecule has 3 rings (SSSR count). The number of rotatable bonds is 6. The Balaban J connectivity index is 1.46. The number of hydrogen-bond acceptors (Lipinski definition) is 4. The Morgan fingerprint density at radius 3 is 2.96 bits per heavy atom. The standard InChI is InChI=1S/C19H28N2O2S/c22-19(12-17-13-23-10-9-20-17)21-16-6-4-5-15(11-16)14-24-18-7-2-1-3-8-18/h4-6,11,17-18,20H,1-3,7-10,12-14H2,(H,21,22). The second-order valence-corrected chi connectivity index (χ2v) is 8.04. The summed E-state index contributed by atoms with van der Waals surface area (Å²) in [6, 6.07) is 8.40. The third-order valence-electron chi connectivity index (χ3n) is 4.68. The quantitative estimate of drug-likeness (QED) is 0.825. The van der Waals surface area contributed by atoms with Crippen LogP contribution in [0, 0.1) is 0 Å². The molecule has 2 fully saturated rings. The highest BCUT2D eigenvalue weighted by Gasteiger charge is 2.17. The van der Waals surface area contributed by atoms with Gasteiger partial charge in [-0.1, -0.05) is 31.4 Å². The Bertz CT molecular complexity index is 526. The Labute approximate surface area is 149 Å². The Kier molecular flexibility index (Phi) is 6.99. The molecule has 1 heterocycles. The molecule has 1 aliphatic carbocycles. The number of carbonyl (C=O) groups excluding carboxylic acids is 1. The predicted octanol–water partition coefficient (Wildman–Crippen LogP) is 3.57. The highest BCUT2D eigenvalue weighted by atomic mass is 32.2. The van der Waals surface area contributed by atoms with Gasteiger partial charge in [-0.3, -0.25) is 4.79 Å². The van der Waals surface area contributed by atoms with Crippen molar-refractivity contribution in [2.45, 2.75) is 55.6 Å². The van der Waals surface area contributed by atoms with Crippen LogP contribution >= 0.6 is 11.8 Å². The van der Waals surface area contributed by atoms with Gasteiger partial charge in [-0.25, -0.2) is 0 Å². The molecular formula is C19H28N2O2S. The SMILES string of the molecule is O=C(CC1COCCN1)Nc1cccc(CSC2CCCCC2)c1. The molecule has 4 nitrogen and oxygen atoms in total. The fourth-order valence-corrected chi connectivity index (χ4v) is 4.65. The molecular weight excluding hydrogens is 320 g/mol. The van der Waals surface area contributed by atoms with E-state index in [0.717, 1.165) is 29.8 Å². The third-order valence-corrected chi connectivity index (χ3v) is 6.12. The van der Waals surface area contributed by atoms with Gasteiger partial charge in [0, 0.05) is 35.7 Å². The number of thioether (sulfide) groups is 1. The predicted molar refractivity (Wildman–Crippen MR) is 100 cm³/mol. The van der Waals surface area contributed by atoms with E-state index in [0.29, 0.717) is 13.0 Å². The molecule has 1 saturated carbocycles. The first-order valence-corrected chi connectivity index (χ1v) is 10.2. The molecule has 1 aromatic rings. The summed E-state index contributed by atoms with van der Waals surface area (Å²) >= 11 is 2.07. The van der Waals surface area contributed by atoms with Crippen LogP contribution in [0.1, 0.15) is 44.1 Å². The van der Waals surface area contributed by atoms with Gasteiger partial charge in [0.25, 0.3) is 0 Å². The topological polar surface area (TPSA) is 50.4 Å². The summed E-state index contributed by atoms with van der Waals surface area (Å²) in [7, 11) is 0. The molecule has 132 valence electrons. The van der Waals surface area contributed by atoms with Crippen molar-refractivity contribution in [1.29, 1.82) is 0 Å². The van der Waals surface area contributed by atoms with E-state index in [9.17, 15) is 4.79 Å². The summed E-state index contributed by atoms with van der Waals surface area (Å²) in [5, 5.41) is 7.15. The molecule has 1 aromatic carbocycles. The minimum atomic E-state index is 0.0510. The lowest BCUT2D eigenvalue weighted by Gasteiger charge is -2.23. The maximum absolute atomic E-state index is 12.2. The van der Waals surface area contributed by atoms with Crippen molar-refractivity contribution in [2.24, 2.45) is 0 Å². The van der Waals surface area contributed by atoms with E-state index in [1.807, 2.05) is 12.1 Å². The fraction of sp³-hybridized carbons (Fsp3) is 0.632. The Morgan fingerprint density at radius 1 is 1.29 bits per heavy atom. The van der Waals surface area contributed by atoms with Gasteiger partial charge in [0.1, 0.15) is 0 Å². The normalized spacial score (nSPS) is 22.2. The lowest BCUT2D eigenvalue weighted by Crippen LogP contribution is -2.43. The third kappa shape index (κ3) is 5.80. The lowest BCUT2D eigenvalue weighted by molar-refractivity contribution is -0.117. The van der Waals surface area contributed by atoms with Gasteiger partial charge in [-0.15, -0.1) is 0 Å². The zero-order valence-corrected chi connectivity index (χ0v) is 15.1. The molecule has 0 bridgehead atoms. The van der Waals surface area contributed by atoms with Gasteiger partial charge in [0.05, 0.1) is 13.2 Å². The fourth-order valence-electron chi connectivity index (χ4n) is 3.37. The molecule has 2 aliphatic rings. The van der Waals surface area contributed by atoms with Crippen molar-refractivity contribution in [1.82, 2.24) is 5.32 Å². The zero-order chi connectivity index (χ0) is 16.6. The largest absolute Gasteiger partial charge is 0.378 e. The van der Waals surface area contributed by atoms with Crippen LogP contribution in [0.15, 0.2) is 24.3 Å². The summed E-state index contributed by atoms with van der Waals surface area (Å²) in [4.78, 5) is 12.2. The van der Waals surface area contributed by atoms with E-state index >= 15 is 0 Å². The zero-order valence-electron chi connectivity index (χ0n) is 14.3. The molecule has 1 aliphatic heterocycles. The first-order chi connectivity index (χ1) is 11.8. The average molecular weight is 349 g/mol. The molecule has 24 heavy (non-hydrogen) atoms. The summed E-state index contributed by atoms with van der Waals surface area (Å²) in [6.07, 6.45) is 7.34. The van der Waals surface area contributed by atoms with Gasteiger partial charge >= 0.3 is 0 Å². The van der Waals surface area contributed by atoms with Crippen molar-refractivity contribution >= 4 is 23.4 Å². The minimum Gasteiger partial charge on any atom is -0.378 e. The number of morpholine rings is 1. The summed E-state index contributed by atoms with van der Waals surface area (Å²) in [5.74, 6) is 1.09. The number of amides is 1. The van der Waals surface area contributed by atoms with Crippen molar-refractivity contribution in [2.75, 3.05) is 25.1 Å². The van der Waals surface area contributed by atoms with Crippen LogP contribution in [-0.2, 0) is 15.3 Å². The Hall–Kier alpha value is -1.04. The highest BCUT2D eigenvalue weighted by molar-refractivity contribution is 7.99. The number of nitrogens with one attached hydrogen (secondary N) is 2. The number of anilines is 1. The average Bonchev–Trinajstić information content (AvgIpc) is 2.62. The van der Waals surface area contributed by atoms with Gasteiger partial charge in [-0.2, -0.15) is 11.8 Å². The van der Waals surface area contributed by atoms with Crippen LogP contribution in [-0.4, -0.2) is 37.0 Å². The molecule has 5 heteroatoms. The van der Waals surface area contributed by atoms with E-state index in [4.69, 9.17) is 4.74 Å². The second-order valence-electron chi connectivity index (χ2n) is 6.75. The second kappa shape index (κ2) is 9.44. The van der Waals surface area contributed by atoms with Crippen molar-refractivity contribution in [3.05, 3.63) is 29.8 Å². The number of hydrogen-bond donors (Lipinski definition) is 2. The van der Waals surface area contributed by atoms with Gasteiger partial charge < -0.3 is 15.4 Å². The molecule has 0 aromatic heterocycles. The number of carbonyl (C=O) groups is 1. The molecule has 1 unspecified atom stereocenters. The van der Waals surface area contributed by atoms with Gasteiger partial charge in [0.2, 0.25) is 5.91 Å². The van der Waals surface area contributed by atoms with E-state index in [-0.39, 0.29) is 11.9 Å². The van der Waals surface area contributed by atoms with Crippen LogP contribution in [0.3, 0.4) is 0 Å². The molecule has 0 radical (unpaired) electrons. The van der Waals surface area contributed by atoms with E-state index < -0.39 is 0 Å². The summed E-state index contributed by atoms with van der Waals surface area (Å²) in [5.41, 5.74) is 2.20. The van der Waals surface area contributed by atoms with Crippen molar-refractivity contribution in [3.8, 4) is 0 Å². The first-order valence-electron chi connectivity index (χ1n) is 9.11. The number of ether oxygens (including phenoxy) is 1. The first kappa shape index (κ1) is 17.8. The molecule has 1 saturated heterocycles. The highest BCUT2D eigenvalue weighted by Crippen LogP contribution is 2.30. The van der Waals surface area contributed by atoms with Crippen LogP contribution in [0.4, 0.5) is 5.69 Å². The van der Waals surface area contributed by atoms with Crippen LogP contribution in [0.2, 0.25) is 0 Å². The van der Waals surface area contributed by atoms with E-state index in [1.54, 1.807) is 0 Å². The van der Waals surface area contributed by atoms with E-state index in [2.05, 4.69) is 34.5 Å². The lowest BCUT2D eigenvalue weighted by atomic mass is 10.0. The van der Waals surface area contributed by atoms with Crippen molar-refractivity contribution in [3.63, 3.8) is 0 Å². The van der Waals surface area contributed by atoms with Crippen molar-refractivity contribution < 1.29 is 9.53 Å². The molecule has 1 atom stereocenters. The smallest absolute Gasteiger partial charge is 0.226 e. The van der Waals surface area contributed by atoms with Gasteiger partial charge in [0.15, 0.2) is 0 Å². The van der Waals surface area contributed by atoms with Gasteiger partial charge in [-0.05, 0) is 30.5 Å².